The number of thiophene rings is 1. The molecular formula is C15H15Br2NO2S. The average Bonchev–Trinajstić information content (AvgIpc) is 2.77. The van der Waals surface area contributed by atoms with Gasteiger partial charge in [0.1, 0.15) is 5.75 Å². The molecule has 1 aromatic heterocycles. The van der Waals surface area contributed by atoms with Crippen LogP contribution in [-0.2, 0) is 6.54 Å². The molecule has 21 heavy (non-hydrogen) atoms. The molecule has 112 valence electrons. The third-order valence-electron chi connectivity index (χ3n) is 2.96. The second-order valence-corrected chi connectivity index (χ2v) is 8.43. The Morgan fingerprint density at radius 3 is 2.71 bits per heavy atom. The van der Waals surface area contributed by atoms with Gasteiger partial charge >= 0.3 is 0 Å². The summed E-state index contributed by atoms with van der Waals surface area (Å²) < 4.78 is 7.03. The predicted molar refractivity (Wildman–Crippen MR) is 93.4 cm³/mol. The number of carbonyl (C=O) groups excluding carboxylic acids is 1. The highest BCUT2D eigenvalue weighted by molar-refractivity contribution is 9.12. The predicted octanol–water partition coefficient (Wildman–Crippen LogP) is 4.60. The summed E-state index contributed by atoms with van der Waals surface area (Å²) in [7, 11) is 3.59. The van der Waals surface area contributed by atoms with Crippen LogP contribution in [0.5, 0.6) is 5.75 Å². The first-order chi connectivity index (χ1) is 9.99. The number of nitrogens with zero attached hydrogens (tertiary/aromatic N) is 1. The van der Waals surface area contributed by atoms with E-state index in [0.29, 0.717) is 13.1 Å². The molecule has 2 rings (SSSR count). The number of methoxy groups -OCH3 is 1. The van der Waals surface area contributed by atoms with Crippen LogP contribution >= 0.6 is 43.2 Å². The molecular weight excluding hydrogens is 418 g/mol. The van der Waals surface area contributed by atoms with Gasteiger partial charge in [-0.05, 0) is 62.7 Å². The van der Waals surface area contributed by atoms with Gasteiger partial charge in [0.05, 0.1) is 21.2 Å². The topological polar surface area (TPSA) is 29.5 Å². The fraction of sp³-hybridized carbons (Fsp3) is 0.267. The SMILES string of the molecule is COc1cccc(CN(C)CC(=O)c2cc(Br)sc2Br)c1. The van der Waals surface area contributed by atoms with Crippen molar-refractivity contribution in [2.24, 2.45) is 0 Å². The molecule has 0 saturated carbocycles. The van der Waals surface area contributed by atoms with E-state index >= 15 is 0 Å². The average molecular weight is 433 g/mol. The number of benzene rings is 1. The smallest absolute Gasteiger partial charge is 0.178 e. The Morgan fingerprint density at radius 2 is 2.10 bits per heavy atom. The van der Waals surface area contributed by atoms with E-state index in [9.17, 15) is 4.79 Å². The largest absolute Gasteiger partial charge is 0.497 e. The number of hydrogen-bond acceptors (Lipinski definition) is 4. The maximum absolute atomic E-state index is 12.3. The molecule has 0 aliphatic heterocycles. The Kier molecular flexibility index (Phi) is 5.98. The molecule has 0 saturated heterocycles. The van der Waals surface area contributed by atoms with Crippen LogP contribution in [0, 0.1) is 0 Å². The van der Waals surface area contributed by atoms with E-state index in [-0.39, 0.29) is 5.78 Å². The van der Waals surface area contributed by atoms with Crippen molar-refractivity contribution in [2.45, 2.75) is 6.54 Å². The number of Topliss-reactive ketones (excluding diaryl/α,β-unsaturated/α-hetero) is 1. The maximum atomic E-state index is 12.3. The number of rotatable bonds is 6. The van der Waals surface area contributed by atoms with Gasteiger partial charge in [-0.1, -0.05) is 12.1 Å². The lowest BCUT2D eigenvalue weighted by Crippen LogP contribution is -2.25. The number of hydrogen-bond donors (Lipinski definition) is 0. The van der Waals surface area contributed by atoms with Crippen molar-refractivity contribution in [3.05, 3.63) is 49.0 Å². The van der Waals surface area contributed by atoms with E-state index < -0.39 is 0 Å². The van der Waals surface area contributed by atoms with Crippen LogP contribution in [0.2, 0.25) is 0 Å². The molecule has 3 nitrogen and oxygen atoms in total. The van der Waals surface area contributed by atoms with Gasteiger partial charge in [0.25, 0.3) is 0 Å². The van der Waals surface area contributed by atoms with E-state index in [1.54, 1.807) is 7.11 Å². The highest BCUT2D eigenvalue weighted by atomic mass is 79.9. The Labute approximate surface area is 145 Å². The van der Waals surface area contributed by atoms with Crippen molar-refractivity contribution in [3.8, 4) is 5.75 Å². The summed E-state index contributed by atoms with van der Waals surface area (Å²) in [6.07, 6.45) is 0. The van der Waals surface area contributed by atoms with Gasteiger partial charge in [-0.3, -0.25) is 9.69 Å². The molecule has 0 bridgehead atoms. The number of halogens is 2. The number of ketones is 1. The number of likely N-dealkylation sites (N-methyl/N-ethyl adjacent to an activating group) is 1. The molecule has 0 radical (unpaired) electrons. The first-order valence-corrected chi connectivity index (χ1v) is 8.69. The monoisotopic (exact) mass is 431 g/mol. The Morgan fingerprint density at radius 1 is 1.33 bits per heavy atom. The molecule has 1 heterocycles. The summed E-state index contributed by atoms with van der Waals surface area (Å²) in [5.74, 6) is 0.936. The fourth-order valence-corrected chi connectivity index (χ4v) is 4.85. The summed E-state index contributed by atoms with van der Waals surface area (Å²) in [6, 6.07) is 9.74. The molecule has 0 aliphatic carbocycles. The maximum Gasteiger partial charge on any atom is 0.178 e. The van der Waals surface area contributed by atoms with E-state index in [4.69, 9.17) is 4.74 Å². The van der Waals surface area contributed by atoms with Gasteiger partial charge in [0.15, 0.2) is 5.78 Å². The lowest BCUT2D eigenvalue weighted by atomic mass is 10.2. The van der Waals surface area contributed by atoms with Crippen molar-refractivity contribution in [1.29, 1.82) is 0 Å². The van der Waals surface area contributed by atoms with Crippen LogP contribution in [0.1, 0.15) is 15.9 Å². The standard InChI is InChI=1S/C15H15Br2NO2S/c1-18(8-10-4-3-5-11(6-10)20-2)9-13(19)12-7-14(16)21-15(12)17/h3-7H,8-9H2,1-2H3. The van der Waals surface area contributed by atoms with Crippen molar-refractivity contribution in [3.63, 3.8) is 0 Å². The summed E-state index contributed by atoms with van der Waals surface area (Å²) in [5.41, 5.74) is 1.85. The molecule has 1 aromatic carbocycles. The van der Waals surface area contributed by atoms with Crippen LogP contribution < -0.4 is 4.74 Å². The summed E-state index contributed by atoms with van der Waals surface area (Å²) >= 11 is 8.33. The summed E-state index contributed by atoms with van der Waals surface area (Å²) in [5, 5.41) is 0. The highest BCUT2D eigenvalue weighted by Gasteiger charge is 2.15. The molecule has 0 unspecified atom stereocenters. The van der Waals surface area contributed by atoms with E-state index in [0.717, 1.165) is 24.4 Å². The summed E-state index contributed by atoms with van der Waals surface area (Å²) in [4.78, 5) is 14.3. The third-order valence-corrected chi connectivity index (χ3v) is 5.30. The minimum absolute atomic E-state index is 0.106. The normalized spacial score (nSPS) is 10.9. The minimum Gasteiger partial charge on any atom is -0.497 e. The second-order valence-electron chi connectivity index (χ2n) is 4.68. The van der Waals surface area contributed by atoms with Crippen molar-refractivity contribution in [2.75, 3.05) is 20.7 Å². The van der Waals surface area contributed by atoms with Gasteiger partial charge in [-0.2, -0.15) is 0 Å². The third kappa shape index (κ3) is 4.64. The lowest BCUT2D eigenvalue weighted by molar-refractivity contribution is 0.0943. The molecule has 2 aromatic rings. The van der Waals surface area contributed by atoms with Gasteiger partial charge in [-0.15, -0.1) is 11.3 Å². The Hall–Kier alpha value is -0.690. The first kappa shape index (κ1) is 16.7. The molecule has 0 fully saturated rings. The molecule has 0 atom stereocenters. The lowest BCUT2D eigenvalue weighted by Gasteiger charge is -2.16. The zero-order valence-corrected chi connectivity index (χ0v) is 15.7. The summed E-state index contributed by atoms with van der Waals surface area (Å²) in [6.45, 7) is 1.07. The zero-order chi connectivity index (χ0) is 15.4. The highest BCUT2D eigenvalue weighted by Crippen LogP contribution is 2.32. The number of ether oxygens (including phenoxy) is 1. The molecule has 6 heteroatoms. The Balaban J connectivity index is 1.99. The van der Waals surface area contributed by atoms with Gasteiger partial charge in [-0.25, -0.2) is 0 Å². The van der Waals surface area contributed by atoms with Gasteiger partial charge in [0, 0.05) is 12.1 Å². The minimum atomic E-state index is 0.106. The van der Waals surface area contributed by atoms with Crippen LogP contribution in [0.4, 0.5) is 0 Å². The molecule has 0 N–H and O–H groups in total. The van der Waals surface area contributed by atoms with E-state index in [1.807, 2.05) is 42.3 Å². The van der Waals surface area contributed by atoms with Gasteiger partial charge in [0.2, 0.25) is 0 Å². The zero-order valence-electron chi connectivity index (χ0n) is 11.7. The van der Waals surface area contributed by atoms with E-state index in [2.05, 4.69) is 31.9 Å². The number of carbonyl (C=O) groups is 1. The van der Waals surface area contributed by atoms with Gasteiger partial charge < -0.3 is 4.74 Å². The molecule has 0 spiro atoms. The first-order valence-electron chi connectivity index (χ1n) is 6.29. The van der Waals surface area contributed by atoms with Crippen LogP contribution in [0.3, 0.4) is 0 Å². The van der Waals surface area contributed by atoms with E-state index in [1.165, 1.54) is 11.3 Å². The fourth-order valence-electron chi connectivity index (χ4n) is 2.00. The van der Waals surface area contributed by atoms with Crippen molar-refractivity contribution >= 4 is 49.0 Å². The van der Waals surface area contributed by atoms with Crippen LogP contribution in [-0.4, -0.2) is 31.4 Å². The van der Waals surface area contributed by atoms with Crippen molar-refractivity contribution in [1.82, 2.24) is 4.90 Å². The Bertz CT molecular complexity index is 642. The van der Waals surface area contributed by atoms with Crippen LogP contribution in [0.15, 0.2) is 37.9 Å². The van der Waals surface area contributed by atoms with Crippen molar-refractivity contribution < 1.29 is 9.53 Å². The second kappa shape index (κ2) is 7.54. The quantitative estimate of drug-likeness (QED) is 0.625. The van der Waals surface area contributed by atoms with Crippen LogP contribution in [0.25, 0.3) is 0 Å². The molecule has 0 aliphatic rings. The molecule has 0 amide bonds.